The SMILES string of the molecule is Cc1c(-c2cc(N3C(=O)C4CC5C(=CCC6C(=O)N(CCC(=O)O)C(=O)C65)C(c5cccc(O)c5)C4(C)C3=O)n(C)n2)sc2ccc(Cl)cc12. The lowest BCUT2D eigenvalue weighted by atomic mass is 9.51. The topological polar surface area (TPSA) is 150 Å². The summed E-state index contributed by atoms with van der Waals surface area (Å²) in [6, 6.07) is 14.1. The summed E-state index contributed by atoms with van der Waals surface area (Å²) in [5.74, 6) is -6.03. The van der Waals surface area contributed by atoms with Gasteiger partial charge in [0.2, 0.25) is 23.6 Å². The summed E-state index contributed by atoms with van der Waals surface area (Å²) in [6.45, 7) is 3.55. The van der Waals surface area contributed by atoms with Gasteiger partial charge in [-0.15, -0.1) is 11.3 Å². The number of carbonyl (C=O) groups is 5. The van der Waals surface area contributed by atoms with E-state index >= 15 is 0 Å². The van der Waals surface area contributed by atoms with Crippen LogP contribution in [0.1, 0.15) is 43.2 Å². The third-order valence-corrected chi connectivity index (χ3v) is 12.9. The summed E-state index contributed by atoms with van der Waals surface area (Å²) in [4.78, 5) is 71.3. The van der Waals surface area contributed by atoms with Gasteiger partial charge in [-0.3, -0.25) is 33.6 Å². The number of hydrogen-bond donors (Lipinski definition) is 2. The molecule has 4 heterocycles. The van der Waals surface area contributed by atoms with Gasteiger partial charge in [0.15, 0.2) is 0 Å². The molecular weight excluding hydrogens is 680 g/mol. The Labute approximate surface area is 295 Å². The number of hydrogen-bond acceptors (Lipinski definition) is 8. The molecule has 0 bridgehead atoms. The normalized spacial score (nSPS) is 27.5. The van der Waals surface area contributed by atoms with Gasteiger partial charge in [-0.25, -0.2) is 4.90 Å². The van der Waals surface area contributed by atoms with E-state index in [1.807, 2.05) is 37.3 Å². The number of rotatable bonds is 6. The second-order valence-corrected chi connectivity index (χ2v) is 15.4. The van der Waals surface area contributed by atoms with Gasteiger partial charge >= 0.3 is 5.97 Å². The zero-order valence-corrected chi connectivity index (χ0v) is 29.0. The number of thiophene rings is 1. The summed E-state index contributed by atoms with van der Waals surface area (Å²) in [5, 5.41) is 26.2. The Bertz CT molecular complexity index is 2220. The minimum Gasteiger partial charge on any atom is -0.508 e. The van der Waals surface area contributed by atoms with Crippen molar-refractivity contribution in [1.29, 1.82) is 0 Å². The zero-order valence-electron chi connectivity index (χ0n) is 27.4. The molecule has 6 atom stereocenters. The van der Waals surface area contributed by atoms with Gasteiger partial charge in [-0.05, 0) is 79.5 Å². The average molecular weight is 713 g/mol. The largest absolute Gasteiger partial charge is 0.508 e. The van der Waals surface area contributed by atoms with Crippen LogP contribution in [0.5, 0.6) is 5.75 Å². The Morgan fingerprint density at radius 3 is 2.58 bits per heavy atom. The van der Waals surface area contributed by atoms with E-state index in [0.717, 1.165) is 31.0 Å². The van der Waals surface area contributed by atoms with Crippen LogP contribution in [-0.4, -0.2) is 61.0 Å². The molecule has 3 fully saturated rings. The Morgan fingerprint density at radius 1 is 1.06 bits per heavy atom. The Balaban J connectivity index is 1.22. The Hall–Kier alpha value is -4.81. The molecule has 4 amide bonds. The van der Waals surface area contributed by atoms with Crippen molar-refractivity contribution >= 4 is 68.4 Å². The van der Waals surface area contributed by atoms with Crippen molar-refractivity contribution in [3.05, 3.63) is 76.3 Å². The second-order valence-electron chi connectivity index (χ2n) is 13.9. The first kappa shape index (κ1) is 32.4. The number of carboxylic acids is 1. The van der Waals surface area contributed by atoms with Gasteiger partial charge in [0, 0.05) is 35.3 Å². The molecule has 11 nitrogen and oxygen atoms in total. The van der Waals surface area contributed by atoms with Crippen molar-refractivity contribution in [2.75, 3.05) is 11.4 Å². The molecule has 8 rings (SSSR count). The first-order chi connectivity index (χ1) is 23.8. The highest BCUT2D eigenvalue weighted by atomic mass is 35.5. The van der Waals surface area contributed by atoms with Crippen LogP contribution in [0.3, 0.4) is 0 Å². The number of likely N-dealkylation sites (tertiary alicyclic amines) is 1. The number of fused-ring (bicyclic) bond motifs is 5. The summed E-state index contributed by atoms with van der Waals surface area (Å²) >= 11 is 7.83. The highest BCUT2D eigenvalue weighted by molar-refractivity contribution is 7.22. The molecule has 0 spiro atoms. The molecule has 50 heavy (non-hydrogen) atoms. The number of benzene rings is 2. The summed E-state index contributed by atoms with van der Waals surface area (Å²) in [5.41, 5.74) is 1.71. The molecule has 13 heteroatoms. The number of imide groups is 2. The fraction of sp³-hybridized carbons (Fsp3) is 0.351. The predicted octanol–water partition coefficient (Wildman–Crippen LogP) is 5.67. The van der Waals surface area contributed by atoms with Crippen LogP contribution < -0.4 is 4.90 Å². The van der Waals surface area contributed by atoms with E-state index in [4.69, 9.17) is 16.7 Å². The van der Waals surface area contributed by atoms with E-state index in [0.29, 0.717) is 22.1 Å². The quantitative estimate of drug-likeness (QED) is 0.192. The van der Waals surface area contributed by atoms with Gasteiger partial charge in [0.05, 0.1) is 34.5 Å². The van der Waals surface area contributed by atoms with Crippen molar-refractivity contribution in [3.8, 4) is 16.3 Å². The maximum absolute atomic E-state index is 14.9. The van der Waals surface area contributed by atoms with E-state index in [-0.39, 0.29) is 31.6 Å². The highest BCUT2D eigenvalue weighted by Gasteiger charge is 2.68. The first-order valence-electron chi connectivity index (χ1n) is 16.5. The number of aliphatic carboxylic acids is 1. The van der Waals surface area contributed by atoms with Crippen molar-refractivity contribution in [2.24, 2.45) is 36.1 Å². The monoisotopic (exact) mass is 712 g/mol. The third-order valence-electron chi connectivity index (χ3n) is 11.3. The number of amides is 4. The molecule has 4 aromatic rings. The maximum atomic E-state index is 14.9. The lowest BCUT2D eigenvalue weighted by molar-refractivity contribution is -0.142. The standard InChI is InChI=1S/C37H33ClN4O7S/c1-17-23-14-19(38)7-10-27(23)50-32(17)26-16-28(40(3)39-26)42-34(47)25-15-24-21(31(37(25,2)36(42)49)18-5-4-6-20(43)13-18)8-9-22-30(24)35(48)41(33(22)46)12-11-29(44)45/h4-8,10,13-14,16,22,24-25,30-31,43H,9,11-12,15H2,1-3H3,(H,44,45). The van der Waals surface area contributed by atoms with Gasteiger partial charge < -0.3 is 10.2 Å². The molecule has 2 aliphatic heterocycles. The van der Waals surface area contributed by atoms with E-state index in [9.17, 15) is 34.2 Å². The fourth-order valence-corrected chi connectivity index (χ4v) is 10.3. The van der Waals surface area contributed by atoms with Crippen LogP contribution in [0.25, 0.3) is 20.7 Å². The van der Waals surface area contributed by atoms with Crippen LogP contribution in [0.4, 0.5) is 5.82 Å². The number of anilines is 1. The molecular formula is C37H33ClN4O7S. The van der Waals surface area contributed by atoms with Gasteiger partial charge in [0.25, 0.3) is 0 Å². The molecule has 1 saturated carbocycles. The first-order valence-corrected chi connectivity index (χ1v) is 17.7. The van der Waals surface area contributed by atoms with Gasteiger partial charge in [-0.1, -0.05) is 35.4 Å². The number of aromatic hydroxyl groups is 1. The van der Waals surface area contributed by atoms with Crippen molar-refractivity contribution in [3.63, 3.8) is 0 Å². The van der Waals surface area contributed by atoms with Crippen LogP contribution in [0.15, 0.2) is 60.2 Å². The number of carbonyl (C=O) groups excluding carboxylic acids is 4. The molecule has 2 aromatic carbocycles. The summed E-state index contributed by atoms with van der Waals surface area (Å²) in [7, 11) is 1.69. The minimum atomic E-state index is -1.29. The molecule has 0 radical (unpaired) electrons. The van der Waals surface area contributed by atoms with Crippen LogP contribution >= 0.6 is 22.9 Å². The Kier molecular flexibility index (Phi) is 7.36. The number of aromatic nitrogens is 2. The highest BCUT2D eigenvalue weighted by Crippen LogP contribution is 2.63. The second kappa shape index (κ2) is 11.4. The predicted molar refractivity (Wildman–Crippen MR) is 185 cm³/mol. The van der Waals surface area contributed by atoms with E-state index in [1.54, 1.807) is 43.5 Å². The minimum absolute atomic E-state index is 0.00378. The van der Waals surface area contributed by atoms with Crippen molar-refractivity contribution < 1.29 is 34.2 Å². The van der Waals surface area contributed by atoms with Crippen molar-refractivity contribution in [2.45, 2.75) is 39.0 Å². The number of halogens is 1. The lowest BCUT2D eigenvalue weighted by Gasteiger charge is -2.49. The Morgan fingerprint density at radius 2 is 1.84 bits per heavy atom. The fourth-order valence-electron chi connectivity index (χ4n) is 9.03. The molecule has 6 unspecified atom stereocenters. The van der Waals surface area contributed by atoms with Crippen LogP contribution in [0.2, 0.25) is 5.02 Å². The van der Waals surface area contributed by atoms with Crippen LogP contribution in [0, 0.1) is 36.0 Å². The number of aryl methyl sites for hydroxylation is 2. The van der Waals surface area contributed by atoms with Crippen molar-refractivity contribution in [1.82, 2.24) is 14.7 Å². The van der Waals surface area contributed by atoms with Crippen LogP contribution in [-0.2, 0) is 31.0 Å². The molecule has 2 saturated heterocycles. The molecule has 2 N–H and O–H groups in total. The van der Waals surface area contributed by atoms with E-state index in [2.05, 4.69) is 0 Å². The molecule has 2 aromatic heterocycles. The molecule has 2 aliphatic carbocycles. The van der Waals surface area contributed by atoms with E-state index in [1.165, 1.54) is 15.6 Å². The number of allylic oxidation sites excluding steroid dienone is 2. The van der Waals surface area contributed by atoms with Gasteiger partial charge in [-0.2, -0.15) is 5.10 Å². The average Bonchev–Trinajstić information content (AvgIpc) is 3.74. The number of phenolic OH excluding ortho intramolecular Hbond substituents is 1. The zero-order chi connectivity index (χ0) is 35.4. The smallest absolute Gasteiger partial charge is 0.305 e. The number of phenols is 1. The maximum Gasteiger partial charge on any atom is 0.305 e. The molecule has 256 valence electrons. The summed E-state index contributed by atoms with van der Waals surface area (Å²) in [6.07, 6.45) is 1.97. The third kappa shape index (κ3) is 4.54. The van der Waals surface area contributed by atoms with Gasteiger partial charge in [0.1, 0.15) is 17.3 Å². The number of nitrogens with zero attached hydrogens (tertiary/aromatic N) is 4. The summed E-state index contributed by atoms with van der Waals surface area (Å²) < 4.78 is 2.57. The molecule has 4 aliphatic rings. The number of carboxylic acid groups (broad SMARTS) is 1. The lowest BCUT2D eigenvalue weighted by Crippen LogP contribution is -2.48. The van der Waals surface area contributed by atoms with E-state index < -0.39 is 64.6 Å².